The van der Waals surface area contributed by atoms with Gasteiger partial charge in [-0.25, -0.2) is 0 Å². The van der Waals surface area contributed by atoms with Crippen LogP contribution in [0.15, 0.2) is 0 Å². The molecule has 8 heavy (non-hydrogen) atoms. The zero-order valence-corrected chi connectivity index (χ0v) is 6.58. The maximum atomic E-state index is 3.67. The number of rotatable bonds is 0. The summed E-state index contributed by atoms with van der Waals surface area (Å²) in [5.41, 5.74) is 0.819. The van der Waals surface area contributed by atoms with Crippen molar-refractivity contribution in [2.75, 3.05) is 0 Å². The summed E-state index contributed by atoms with van der Waals surface area (Å²) in [6.45, 7) is 0. The number of hydrogen-bond acceptors (Lipinski definition) is 0. The average molecular weight is 175 g/mol. The van der Waals surface area contributed by atoms with Gasteiger partial charge in [0.25, 0.3) is 0 Å². The predicted molar refractivity (Wildman–Crippen MR) is 38.2 cm³/mol. The summed E-state index contributed by atoms with van der Waals surface area (Å²) in [5.74, 6) is 0. The van der Waals surface area contributed by atoms with Crippen LogP contribution in [0.4, 0.5) is 0 Å². The van der Waals surface area contributed by atoms with Crippen molar-refractivity contribution in [1.29, 1.82) is 0 Å². The van der Waals surface area contributed by atoms with E-state index in [1.54, 1.807) is 0 Å². The van der Waals surface area contributed by atoms with E-state index in [9.17, 15) is 0 Å². The minimum absolute atomic E-state index is 0.819. The van der Waals surface area contributed by atoms with Gasteiger partial charge in [-0.1, -0.05) is 28.8 Å². The minimum atomic E-state index is 0.819. The summed E-state index contributed by atoms with van der Waals surface area (Å²) in [4.78, 5) is 0.900. The first-order chi connectivity index (χ1) is 3.83. The molecular weight excluding hydrogens is 164 g/mol. The summed E-state index contributed by atoms with van der Waals surface area (Å²) in [6, 6.07) is 0. The molecular formula is C7H11Br. The van der Waals surface area contributed by atoms with E-state index in [-0.39, 0.29) is 0 Å². The Morgan fingerprint density at radius 2 is 1.75 bits per heavy atom. The zero-order valence-electron chi connectivity index (χ0n) is 4.99. The molecule has 2 rings (SSSR count). The maximum Gasteiger partial charge on any atom is 0.0208 e. The van der Waals surface area contributed by atoms with E-state index < -0.39 is 0 Å². The second-order valence-electron chi connectivity index (χ2n) is 3.24. The molecule has 0 aromatic heterocycles. The Balaban J connectivity index is 2.06. The Kier molecular flexibility index (Phi) is 0.989. The molecule has 0 heterocycles. The Morgan fingerprint density at radius 3 is 2.00 bits per heavy atom. The smallest absolute Gasteiger partial charge is 0.0208 e. The van der Waals surface area contributed by atoms with Crippen LogP contribution in [-0.4, -0.2) is 4.83 Å². The maximum absolute atomic E-state index is 3.67. The highest BCUT2D eigenvalue weighted by atomic mass is 79.9. The molecule has 0 saturated heterocycles. The third-order valence-corrected chi connectivity index (χ3v) is 3.98. The van der Waals surface area contributed by atoms with E-state index in [1.165, 1.54) is 32.1 Å². The SMILES string of the molecule is BrC1CC12CCCC2. The van der Waals surface area contributed by atoms with Gasteiger partial charge < -0.3 is 0 Å². The van der Waals surface area contributed by atoms with Crippen molar-refractivity contribution < 1.29 is 0 Å². The van der Waals surface area contributed by atoms with Crippen LogP contribution >= 0.6 is 15.9 Å². The van der Waals surface area contributed by atoms with E-state index >= 15 is 0 Å². The third kappa shape index (κ3) is 0.570. The molecule has 0 aliphatic heterocycles. The molecule has 0 aromatic rings. The van der Waals surface area contributed by atoms with Gasteiger partial charge in [0.1, 0.15) is 0 Å². The zero-order chi connectivity index (χ0) is 5.61. The molecule has 2 saturated carbocycles. The van der Waals surface area contributed by atoms with Crippen molar-refractivity contribution in [3.05, 3.63) is 0 Å². The van der Waals surface area contributed by atoms with E-state index in [2.05, 4.69) is 15.9 Å². The van der Waals surface area contributed by atoms with Gasteiger partial charge in [0, 0.05) is 4.83 Å². The monoisotopic (exact) mass is 174 g/mol. The summed E-state index contributed by atoms with van der Waals surface area (Å²) < 4.78 is 0. The highest BCUT2D eigenvalue weighted by Gasteiger charge is 2.53. The Morgan fingerprint density at radius 1 is 1.25 bits per heavy atom. The first-order valence-corrected chi connectivity index (χ1v) is 4.39. The quantitative estimate of drug-likeness (QED) is 0.496. The van der Waals surface area contributed by atoms with Crippen molar-refractivity contribution in [1.82, 2.24) is 0 Å². The van der Waals surface area contributed by atoms with Crippen molar-refractivity contribution in [2.24, 2.45) is 5.41 Å². The number of alkyl halides is 1. The third-order valence-electron chi connectivity index (χ3n) is 2.69. The van der Waals surface area contributed by atoms with E-state index in [1.807, 2.05) is 0 Å². The van der Waals surface area contributed by atoms with Crippen LogP contribution in [0.3, 0.4) is 0 Å². The van der Waals surface area contributed by atoms with Crippen LogP contribution in [0.25, 0.3) is 0 Å². The van der Waals surface area contributed by atoms with Crippen molar-refractivity contribution in [3.63, 3.8) is 0 Å². The van der Waals surface area contributed by atoms with Gasteiger partial charge in [-0.3, -0.25) is 0 Å². The van der Waals surface area contributed by atoms with Gasteiger partial charge in [0.05, 0.1) is 0 Å². The predicted octanol–water partition coefficient (Wildman–Crippen LogP) is 2.71. The minimum Gasteiger partial charge on any atom is -0.0884 e. The molecule has 0 bridgehead atoms. The van der Waals surface area contributed by atoms with E-state index in [4.69, 9.17) is 0 Å². The molecule has 2 aliphatic carbocycles. The van der Waals surface area contributed by atoms with Gasteiger partial charge in [-0.2, -0.15) is 0 Å². The lowest BCUT2D eigenvalue weighted by atomic mass is 10.1. The average Bonchev–Trinajstić information content (AvgIpc) is 2.29. The van der Waals surface area contributed by atoms with Gasteiger partial charge in [0.15, 0.2) is 0 Å². The first kappa shape index (κ1) is 5.28. The second-order valence-corrected chi connectivity index (χ2v) is 4.35. The lowest BCUT2D eigenvalue weighted by Gasteiger charge is -2.00. The fourth-order valence-electron chi connectivity index (χ4n) is 1.89. The molecule has 2 fully saturated rings. The van der Waals surface area contributed by atoms with Crippen LogP contribution in [-0.2, 0) is 0 Å². The summed E-state index contributed by atoms with van der Waals surface area (Å²) in [5, 5.41) is 0. The number of halogens is 1. The molecule has 0 nitrogen and oxygen atoms in total. The van der Waals surface area contributed by atoms with Crippen LogP contribution in [0, 0.1) is 5.41 Å². The molecule has 46 valence electrons. The van der Waals surface area contributed by atoms with E-state index in [0.29, 0.717) is 0 Å². The van der Waals surface area contributed by atoms with Gasteiger partial charge in [-0.15, -0.1) is 0 Å². The highest BCUT2D eigenvalue weighted by molar-refractivity contribution is 9.09. The molecule has 1 atom stereocenters. The van der Waals surface area contributed by atoms with Gasteiger partial charge in [0.2, 0.25) is 0 Å². The fourth-order valence-corrected chi connectivity index (χ4v) is 3.00. The van der Waals surface area contributed by atoms with Crippen LogP contribution in [0.1, 0.15) is 32.1 Å². The normalized spacial score (nSPS) is 40.9. The summed E-state index contributed by atoms with van der Waals surface area (Å²) >= 11 is 3.67. The molecule has 2 aliphatic rings. The first-order valence-electron chi connectivity index (χ1n) is 3.48. The molecule has 0 radical (unpaired) electrons. The molecule has 1 spiro atoms. The highest BCUT2D eigenvalue weighted by Crippen LogP contribution is 2.61. The van der Waals surface area contributed by atoms with E-state index in [0.717, 1.165) is 10.2 Å². The Hall–Kier alpha value is 0.480. The largest absolute Gasteiger partial charge is 0.0884 e. The summed E-state index contributed by atoms with van der Waals surface area (Å²) in [7, 11) is 0. The Labute approximate surface area is 58.8 Å². The Bertz CT molecular complexity index is 103. The molecule has 0 N–H and O–H groups in total. The van der Waals surface area contributed by atoms with Gasteiger partial charge in [-0.05, 0) is 24.7 Å². The topological polar surface area (TPSA) is 0 Å². The molecule has 0 amide bonds. The molecule has 1 heteroatoms. The van der Waals surface area contributed by atoms with Crippen LogP contribution < -0.4 is 0 Å². The lowest BCUT2D eigenvalue weighted by Crippen LogP contribution is -1.93. The molecule has 0 aromatic carbocycles. The summed E-state index contributed by atoms with van der Waals surface area (Å²) in [6.07, 6.45) is 7.45. The van der Waals surface area contributed by atoms with Crippen molar-refractivity contribution in [2.45, 2.75) is 36.9 Å². The van der Waals surface area contributed by atoms with Gasteiger partial charge >= 0.3 is 0 Å². The second kappa shape index (κ2) is 1.50. The number of hydrogen-bond donors (Lipinski definition) is 0. The molecule has 1 unspecified atom stereocenters. The van der Waals surface area contributed by atoms with Crippen molar-refractivity contribution >= 4 is 15.9 Å². The lowest BCUT2D eigenvalue weighted by molar-refractivity contribution is 0.541. The standard InChI is InChI=1S/C7H11Br/c8-6-5-7(6)3-1-2-4-7/h6H,1-5H2. The van der Waals surface area contributed by atoms with Crippen molar-refractivity contribution in [3.8, 4) is 0 Å². The fraction of sp³-hybridized carbons (Fsp3) is 1.00. The van der Waals surface area contributed by atoms with Crippen LogP contribution in [0.2, 0.25) is 0 Å². The van der Waals surface area contributed by atoms with Crippen LogP contribution in [0.5, 0.6) is 0 Å².